The Morgan fingerprint density at radius 2 is 1.63 bits per heavy atom. The number of ether oxygens (including phenoxy) is 1. The van der Waals surface area contributed by atoms with Gasteiger partial charge in [-0.25, -0.2) is 0 Å². The lowest BCUT2D eigenvalue weighted by atomic mass is 10.1. The number of nitrogens with one attached hydrogen (secondary N) is 1. The predicted octanol–water partition coefficient (Wildman–Crippen LogP) is 2.11. The third-order valence-electron chi connectivity index (χ3n) is 5.73. The van der Waals surface area contributed by atoms with Crippen LogP contribution in [0.4, 0.5) is 5.69 Å². The van der Waals surface area contributed by atoms with E-state index in [-0.39, 0.29) is 24.3 Å². The molecule has 2 fully saturated rings. The van der Waals surface area contributed by atoms with Gasteiger partial charge in [-0.05, 0) is 30.0 Å². The summed E-state index contributed by atoms with van der Waals surface area (Å²) in [5.41, 5.74) is 1.75. The van der Waals surface area contributed by atoms with Gasteiger partial charge in [-0.15, -0.1) is 0 Å². The summed E-state index contributed by atoms with van der Waals surface area (Å²) in [6.07, 6.45) is 1.48. The summed E-state index contributed by atoms with van der Waals surface area (Å²) in [4.78, 5) is 39.6. The Labute approximate surface area is 175 Å². The molecule has 1 aliphatic carbocycles. The average Bonchev–Trinajstić information content (AvgIpc) is 3.60. The third kappa shape index (κ3) is 4.45. The van der Waals surface area contributed by atoms with Crippen LogP contribution < -0.4 is 10.1 Å². The van der Waals surface area contributed by atoms with Gasteiger partial charge >= 0.3 is 0 Å². The number of nitrogens with zero attached hydrogens (tertiary/aromatic N) is 2. The van der Waals surface area contributed by atoms with Crippen LogP contribution in [0.15, 0.2) is 54.6 Å². The smallest absolute Gasteiger partial charge is 0.260 e. The van der Waals surface area contributed by atoms with E-state index < -0.39 is 0 Å². The van der Waals surface area contributed by atoms with Crippen LogP contribution >= 0.6 is 0 Å². The zero-order valence-electron chi connectivity index (χ0n) is 16.7. The monoisotopic (exact) mass is 407 g/mol. The van der Waals surface area contributed by atoms with Crippen molar-refractivity contribution in [3.63, 3.8) is 0 Å². The molecule has 4 rings (SSSR count). The molecule has 0 bridgehead atoms. The van der Waals surface area contributed by atoms with Crippen molar-refractivity contribution in [2.75, 3.05) is 38.1 Å². The van der Waals surface area contributed by atoms with Crippen molar-refractivity contribution in [3.05, 3.63) is 60.2 Å². The number of carbonyl (C=O) groups is 3. The van der Waals surface area contributed by atoms with E-state index in [2.05, 4.69) is 17.4 Å². The number of amides is 3. The molecular formula is C23H25N3O4. The molecule has 7 heteroatoms. The molecule has 3 amide bonds. The Balaban J connectivity index is 1.24. The molecule has 2 atom stereocenters. The van der Waals surface area contributed by atoms with Crippen LogP contribution in [0.3, 0.4) is 0 Å². The molecule has 0 unspecified atom stereocenters. The Kier molecular flexibility index (Phi) is 5.97. The van der Waals surface area contributed by atoms with Gasteiger partial charge in [0.1, 0.15) is 5.75 Å². The number of carbonyl (C=O) groups excluding carboxylic acids is 3. The molecule has 1 saturated carbocycles. The molecule has 2 aliphatic rings. The first kappa shape index (κ1) is 19.9. The van der Waals surface area contributed by atoms with E-state index in [1.807, 2.05) is 23.1 Å². The minimum atomic E-state index is -0.128. The van der Waals surface area contributed by atoms with Gasteiger partial charge in [-0.1, -0.05) is 42.5 Å². The largest absolute Gasteiger partial charge is 0.482 e. The van der Waals surface area contributed by atoms with Crippen LogP contribution in [0.5, 0.6) is 5.75 Å². The van der Waals surface area contributed by atoms with Gasteiger partial charge in [-0.3, -0.25) is 14.4 Å². The summed E-state index contributed by atoms with van der Waals surface area (Å²) in [5, 5.41) is 2.55. The maximum atomic E-state index is 12.8. The Morgan fingerprint density at radius 1 is 0.967 bits per heavy atom. The van der Waals surface area contributed by atoms with E-state index in [1.165, 1.54) is 5.56 Å². The second-order valence-electron chi connectivity index (χ2n) is 7.61. The first-order valence-corrected chi connectivity index (χ1v) is 10.2. The highest BCUT2D eigenvalue weighted by atomic mass is 16.5. The molecule has 0 aromatic heterocycles. The third-order valence-corrected chi connectivity index (χ3v) is 5.73. The zero-order valence-corrected chi connectivity index (χ0v) is 16.7. The minimum Gasteiger partial charge on any atom is -0.482 e. The van der Waals surface area contributed by atoms with Gasteiger partial charge in [0.25, 0.3) is 5.91 Å². The second kappa shape index (κ2) is 8.98. The van der Waals surface area contributed by atoms with Crippen molar-refractivity contribution in [1.82, 2.24) is 9.80 Å². The number of hydrogen-bond donors (Lipinski definition) is 1. The SMILES string of the molecule is O=CNc1ccccc1OCC(=O)N1CCN(C(=O)[C@@H]2C[C@H]2c2ccccc2)CC1. The molecule has 30 heavy (non-hydrogen) atoms. The normalized spacial score (nSPS) is 20.4. The number of anilines is 1. The molecule has 7 nitrogen and oxygen atoms in total. The Hall–Kier alpha value is -3.35. The lowest BCUT2D eigenvalue weighted by molar-refractivity contribution is -0.141. The Morgan fingerprint density at radius 3 is 2.37 bits per heavy atom. The van der Waals surface area contributed by atoms with Crippen molar-refractivity contribution in [1.29, 1.82) is 0 Å². The molecule has 0 radical (unpaired) electrons. The first-order valence-electron chi connectivity index (χ1n) is 10.2. The van der Waals surface area contributed by atoms with E-state index in [0.717, 1.165) is 6.42 Å². The van der Waals surface area contributed by atoms with Crippen molar-refractivity contribution in [2.24, 2.45) is 5.92 Å². The lowest BCUT2D eigenvalue weighted by Gasteiger charge is -2.35. The van der Waals surface area contributed by atoms with Gasteiger partial charge < -0.3 is 19.9 Å². The van der Waals surface area contributed by atoms with Crippen LogP contribution in [-0.2, 0) is 14.4 Å². The topological polar surface area (TPSA) is 79.0 Å². The highest BCUT2D eigenvalue weighted by molar-refractivity contribution is 5.84. The minimum absolute atomic E-state index is 0.0693. The zero-order chi connectivity index (χ0) is 20.9. The van der Waals surface area contributed by atoms with E-state index in [1.54, 1.807) is 29.2 Å². The number of piperazine rings is 1. The van der Waals surface area contributed by atoms with Crippen LogP contribution in [0.1, 0.15) is 17.9 Å². The van der Waals surface area contributed by atoms with Crippen LogP contribution in [0.25, 0.3) is 0 Å². The van der Waals surface area contributed by atoms with E-state index >= 15 is 0 Å². The highest BCUT2D eigenvalue weighted by Gasteiger charge is 2.46. The summed E-state index contributed by atoms with van der Waals surface area (Å²) in [6, 6.07) is 17.1. The fourth-order valence-corrected chi connectivity index (χ4v) is 3.95. The number of para-hydroxylation sites is 2. The van der Waals surface area contributed by atoms with Crippen molar-refractivity contribution < 1.29 is 19.1 Å². The summed E-state index contributed by atoms with van der Waals surface area (Å²) >= 11 is 0. The molecule has 156 valence electrons. The van der Waals surface area contributed by atoms with E-state index in [9.17, 15) is 14.4 Å². The van der Waals surface area contributed by atoms with Crippen LogP contribution in [0, 0.1) is 5.92 Å². The van der Waals surface area contributed by atoms with Gasteiger partial charge in [0, 0.05) is 32.1 Å². The van der Waals surface area contributed by atoms with E-state index in [0.29, 0.717) is 49.9 Å². The maximum absolute atomic E-state index is 12.8. The fraction of sp³-hybridized carbons (Fsp3) is 0.348. The molecule has 2 aromatic rings. The Bertz CT molecular complexity index is 910. The average molecular weight is 407 g/mol. The lowest BCUT2D eigenvalue weighted by Crippen LogP contribution is -2.52. The highest BCUT2D eigenvalue weighted by Crippen LogP contribution is 2.48. The summed E-state index contributed by atoms with van der Waals surface area (Å²) in [6.45, 7) is 2.00. The molecule has 1 N–H and O–H groups in total. The molecule has 1 saturated heterocycles. The van der Waals surface area contributed by atoms with Crippen molar-refractivity contribution in [3.8, 4) is 5.75 Å². The second-order valence-corrected chi connectivity index (χ2v) is 7.61. The fourth-order valence-electron chi connectivity index (χ4n) is 3.95. The summed E-state index contributed by atoms with van der Waals surface area (Å²) in [7, 11) is 0. The van der Waals surface area contributed by atoms with Gasteiger partial charge in [0.15, 0.2) is 6.61 Å². The van der Waals surface area contributed by atoms with Gasteiger partial charge in [0.2, 0.25) is 12.3 Å². The number of rotatable bonds is 7. The summed E-state index contributed by atoms with van der Waals surface area (Å²) in [5.74, 6) is 0.914. The van der Waals surface area contributed by atoms with Crippen molar-refractivity contribution >= 4 is 23.9 Å². The molecule has 1 heterocycles. The van der Waals surface area contributed by atoms with Crippen LogP contribution in [-0.4, -0.2) is 60.8 Å². The molecule has 2 aromatic carbocycles. The van der Waals surface area contributed by atoms with Crippen LogP contribution in [0.2, 0.25) is 0 Å². The quantitative estimate of drug-likeness (QED) is 0.713. The standard InChI is InChI=1S/C23H25N3O4/c27-16-24-20-8-4-5-9-21(20)30-15-22(28)25-10-12-26(13-11-25)23(29)19-14-18(19)17-6-2-1-3-7-17/h1-9,16,18-19H,10-15H2,(H,24,27)/t18-,19+/m0/s1. The first-order chi connectivity index (χ1) is 14.7. The van der Waals surface area contributed by atoms with E-state index in [4.69, 9.17) is 4.74 Å². The maximum Gasteiger partial charge on any atom is 0.260 e. The number of benzene rings is 2. The summed E-state index contributed by atoms with van der Waals surface area (Å²) < 4.78 is 5.60. The van der Waals surface area contributed by atoms with Gasteiger partial charge in [-0.2, -0.15) is 0 Å². The van der Waals surface area contributed by atoms with Crippen molar-refractivity contribution in [2.45, 2.75) is 12.3 Å². The number of hydrogen-bond acceptors (Lipinski definition) is 4. The van der Waals surface area contributed by atoms with Gasteiger partial charge in [0.05, 0.1) is 5.69 Å². The molecular weight excluding hydrogens is 382 g/mol. The molecule has 1 aliphatic heterocycles. The molecule has 0 spiro atoms. The predicted molar refractivity (Wildman–Crippen MR) is 112 cm³/mol.